The van der Waals surface area contributed by atoms with Crippen molar-refractivity contribution >= 4 is 10.8 Å². The lowest BCUT2D eigenvalue weighted by Gasteiger charge is -2.09. The van der Waals surface area contributed by atoms with E-state index in [1.165, 1.54) is 16.3 Å². The van der Waals surface area contributed by atoms with E-state index >= 15 is 0 Å². The summed E-state index contributed by atoms with van der Waals surface area (Å²) in [7, 11) is 0. The van der Waals surface area contributed by atoms with Crippen molar-refractivity contribution in [1.82, 2.24) is 0 Å². The van der Waals surface area contributed by atoms with E-state index in [1.54, 1.807) is 0 Å². The quantitative estimate of drug-likeness (QED) is 0.573. The molecule has 0 aromatic heterocycles. The van der Waals surface area contributed by atoms with E-state index in [9.17, 15) is 0 Å². The SMILES string of the molecule is [CH2]Cc1ccc2cc(Oc3ccc(OCCC)cc3)ccc2c1. The average Bonchev–Trinajstić information content (AvgIpc) is 2.60. The number of ether oxygens (including phenoxy) is 2. The fraction of sp³-hybridized carbons (Fsp3) is 0.190. The highest BCUT2D eigenvalue weighted by Gasteiger charge is 2.01. The molecule has 0 spiro atoms. The van der Waals surface area contributed by atoms with Gasteiger partial charge < -0.3 is 9.47 Å². The van der Waals surface area contributed by atoms with Gasteiger partial charge in [0.15, 0.2) is 0 Å². The van der Waals surface area contributed by atoms with Gasteiger partial charge in [0, 0.05) is 0 Å². The van der Waals surface area contributed by atoms with E-state index in [0.717, 1.165) is 36.7 Å². The summed E-state index contributed by atoms with van der Waals surface area (Å²) < 4.78 is 11.5. The normalized spacial score (nSPS) is 10.7. The number of fused-ring (bicyclic) bond motifs is 1. The number of hydrogen-bond donors (Lipinski definition) is 0. The second kappa shape index (κ2) is 7.19. The van der Waals surface area contributed by atoms with Crippen LogP contribution in [0.2, 0.25) is 0 Å². The van der Waals surface area contributed by atoms with Gasteiger partial charge >= 0.3 is 0 Å². The average molecular weight is 305 g/mol. The Morgan fingerprint density at radius 1 is 0.783 bits per heavy atom. The lowest BCUT2D eigenvalue weighted by molar-refractivity contribution is 0.317. The number of rotatable bonds is 6. The van der Waals surface area contributed by atoms with E-state index < -0.39 is 0 Å². The molecule has 0 fully saturated rings. The first kappa shape index (κ1) is 15.4. The summed E-state index contributed by atoms with van der Waals surface area (Å²) in [5.74, 6) is 2.52. The molecule has 0 aliphatic rings. The van der Waals surface area contributed by atoms with Crippen molar-refractivity contribution in [2.24, 2.45) is 0 Å². The van der Waals surface area contributed by atoms with Gasteiger partial charge in [-0.25, -0.2) is 0 Å². The van der Waals surface area contributed by atoms with Gasteiger partial charge in [-0.2, -0.15) is 0 Å². The maximum atomic E-state index is 5.93. The largest absolute Gasteiger partial charge is 0.494 e. The van der Waals surface area contributed by atoms with Crippen LogP contribution in [0.3, 0.4) is 0 Å². The molecule has 0 amide bonds. The zero-order valence-corrected chi connectivity index (χ0v) is 13.4. The molecule has 1 radical (unpaired) electrons. The molecular weight excluding hydrogens is 284 g/mol. The van der Waals surface area contributed by atoms with Crippen LogP contribution in [0.5, 0.6) is 17.2 Å². The molecule has 0 aliphatic heterocycles. The topological polar surface area (TPSA) is 18.5 Å². The minimum Gasteiger partial charge on any atom is -0.494 e. The molecule has 0 heterocycles. The summed E-state index contributed by atoms with van der Waals surface area (Å²) in [5, 5.41) is 2.38. The maximum Gasteiger partial charge on any atom is 0.128 e. The Balaban J connectivity index is 1.75. The fourth-order valence-corrected chi connectivity index (χ4v) is 2.45. The Bertz CT molecular complexity index is 775. The summed E-state index contributed by atoms with van der Waals surface area (Å²) >= 11 is 0. The molecule has 0 unspecified atom stereocenters. The van der Waals surface area contributed by atoms with Crippen molar-refractivity contribution in [3.8, 4) is 17.2 Å². The van der Waals surface area contributed by atoms with Gasteiger partial charge in [-0.15, -0.1) is 0 Å². The third kappa shape index (κ3) is 3.84. The Hall–Kier alpha value is -2.48. The highest BCUT2D eigenvalue weighted by atomic mass is 16.5. The van der Waals surface area contributed by atoms with Crippen LogP contribution in [0.25, 0.3) is 10.8 Å². The summed E-state index contributed by atoms with van der Waals surface area (Å²) in [6.07, 6.45) is 1.81. The van der Waals surface area contributed by atoms with Gasteiger partial charge in [-0.05, 0) is 72.5 Å². The van der Waals surface area contributed by atoms with Crippen molar-refractivity contribution in [2.75, 3.05) is 6.61 Å². The summed E-state index contributed by atoms with van der Waals surface area (Å²) in [6.45, 7) is 6.76. The smallest absolute Gasteiger partial charge is 0.128 e. The third-order valence-electron chi connectivity index (χ3n) is 3.70. The molecule has 0 bridgehead atoms. The highest BCUT2D eigenvalue weighted by molar-refractivity contribution is 5.84. The molecule has 2 nitrogen and oxygen atoms in total. The minimum absolute atomic E-state index is 0.736. The summed E-state index contributed by atoms with van der Waals surface area (Å²) in [6, 6.07) is 20.3. The molecule has 23 heavy (non-hydrogen) atoms. The molecular formula is C21H21O2. The van der Waals surface area contributed by atoms with Crippen LogP contribution in [0.1, 0.15) is 18.9 Å². The molecule has 117 valence electrons. The Kier molecular flexibility index (Phi) is 4.82. The maximum absolute atomic E-state index is 5.93. The first-order valence-electron chi connectivity index (χ1n) is 8.01. The first-order chi connectivity index (χ1) is 11.3. The van der Waals surface area contributed by atoms with Gasteiger partial charge in [0.25, 0.3) is 0 Å². The molecule has 0 N–H and O–H groups in total. The predicted molar refractivity (Wildman–Crippen MR) is 95.3 cm³/mol. The van der Waals surface area contributed by atoms with Crippen LogP contribution in [0.15, 0.2) is 60.7 Å². The predicted octanol–water partition coefficient (Wildman–Crippen LogP) is 5.80. The van der Waals surface area contributed by atoms with Crippen LogP contribution in [0.4, 0.5) is 0 Å². The van der Waals surface area contributed by atoms with Crippen LogP contribution in [-0.4, -0.2) is 6.61 Å². The van der Waals surface area contributed by atoms with E-state index in [2.05, 4.69) is 44.2 Å². The monoisotopic (exact) mass is 305 g/mol. The Morgan fingerprint density at radius 3 is 2.17 bits per heavy atom. The van der Waals surface area contributed by atoms with Crippen LogP contribution in [-0.2, 0) is 6.42 Å². The van der Waals surface area contributed by atoms with E-state index in [1.807, 2.05) is 30.3 Å². The molecule has 0 atom stereocenters. The number of benzene rings is 3. The molecule has 0 aliphatic carbocycles. The minimum atomic E-state index is 0.736. The van der Waals surface area contributed by atoms with E-state index in [0.29, 0.717) is 0 Å². The molecule has 2 heteroatoms. The van der Waals surface area contributed by atoms with Crippen LogP contribution < -0.4 is 9.47 Å². The molecule has 0 saturated heterocycles. The molecule has 3 aromatic carbocycles. The number of hydrogen-bond acceptors (Lipinski definition) is 2. The van der Waals surface area contributed by atoms with Crippen molar-refractivity contribution in [3.63, 3.8) is 0 Å². The zero-order valence-electron chi connectivity index (χ0n) is 13.4. The van der Waals surface area contributed by atoms with E-state index in [-0.39, 0.29) is 0 Å². The van der Waals surface area contributed by atoms with Crippen LogP contribution in [0, 0.1) is 6.92 Å². The van der Waals surface area contributed by atoms with Gasteiger partial charge in [-0.1, -0.05) is 31.2 Å². The second-order valence-corrected chi connectivity index (χ2v) is 5.52. The van der Waals surface area contributed by atoms with Crippen LogP contribution >= 0.6 is 0 Å². The Morgan fingerprint density at radius 2 is 1.43 bits per heavy atom. The standard InChI is InChI=1S/C21H21O2/c1-3-13-22-19-9-11-20(12-10-19)23-21-8-7-17-14-16(4-2)5-6-18(17)15-21/h5-12,14-15H,2-4,13H2,1H3. The lowest BCUT2D eigenvalue weighted by Crippen LogP contribution is -1.94. The Labute approximate surface area is 137 Å². The highest BCUT2D eigenvalue weighted by Crippen LogP contribution is 2.27. The molecule has 0 saturated carbocycles. The van der Waals surface area contributed by atoms with Crippen molar-refractivity contribution in [3.05, 3.63) is 73.2 Å². The summed E-state index contributed by atoms with van der Waals surface area (Å²) in [4.78, 5) is 0. The van der Waals surface area contributed by atoms with Crippen molar-refractivity contribution < 1.29 is 9.47 Å². The first-order valence-corrected chi connectivity index (χ1v) is 8.01. The third-order valence-corrected chi connectivity index (χ3v) is 3.70. The zero-order chi connectivity index (χ0) is 16.1. The van der Waals surface area contributed by atoms with Gasteiger partial charge in [-0.3, -0.25) is 0 Å². The van der Waals surface area contributed by atoms with Crippen molar-refractivity contribution in [1.29, 1.82) is 0 Å². The van der Waals surface area contributed by atoms with Gasteiger partial charge in [0.2, 0.25) is 0 Å². The fourth-order valence-electron chi connectivity index (χ4n) is 2.45. The second-order valence-electron chi connectivity index (χ2n) is 5.52. The van der Waals surface area contributed by atoms with E-state index in [4.69, 9.17) is 9.47 Å². The molecule has 3 rings (SSSR count). The lowest BCUT2D eigenvalue weighted by atomic mass is 10.1. The van der Waals surface area contributed by atoms with Gasteiger partial charge in [0.1, 0.15) is 17.2 Å². The van der Waals surface area contributed by atoms with Crippen molar-refractivity contribution in [2.45, 2.75) is 19.8 Å². The summed E-state index contributed by atoms with van der Waals surface area (Å²) in [5.41, 5.74) is 1.24. The van der Waals surface area contributed by atoms with Gasteiger partial charge in [0.05, 0.1) is 6.61 Å². The molecule has 3 aromatic rings.